The Bertz CT molecular complexity index is 578. The van der Waals surface area contributed by atoms with Gasteiger partial charge in [-0.3, -0.25) is 4.79 Å². The van der Waals surface area contributed by atoms with Gasteiger partial charge in [-0.25, -0.2) is 13.1 Å². The number of hydrogen-bond acceptors (Lipinski definition) is 5. The zero-order chi connectivity index (χ0) is 16.1. The van der Waals surface area contributed by atoms with Crippen molar-refractivity contribution in [3.05, 3.63) is 29.8 Å². The predicted molar refractivity (Wildman–Crippen MR) is 78.8 cm³/mol. The summed E-state index contributed by atoms with van der Waals surface area (Å²) in [5.41, 5.74) is -0.747. The summed E-state index contributed by atoms with van der Waals surface area (Å²) in [6, 6.07) is 5.64. The van der Waals surface area contributed by atoms with E-state index >= 15 is 0 Å². The first kappa shape index (κ1) is 17.8. The Labute approximate surface area is 125 Å². The van der Waals surface area contributed by atoms with Crippen molar-refractivity contribution < 1.29 is 23.1 Å². The third kappa shape index (κ3) is 5.55. The maximum atomic E-state index is 12.1. The fourth-order valence-corrected chi connectivity index (χ4v) is 2.77. The van der Waals surface area contributed by atoms with Gasteiger partial charge in [-0.1, -0.05) is 12.1 Å². The van der Waals surface area contributed by atoms with Crippen LogP contribution < -0.4 is 4.72 Å². The van der Waals surface area contributed by atoms with E-state index < -0.39 is 15.6 Å². The monoisotopic (exact) mass is 315 g/mol. The fourth-order valence-electron chi connectivity index (χ4n) is 1.61. The quantitative estimate of drug-likeness (QED) is 0.697. The first-order valence-corrected chi connectivity index (χ1v) is 7.98. The Hall–Kier alpha value is -1.28. The lowest BCUT2D eigenvalue weighted by Crippen LogP contribution is -2.41. The molecule has 0 radical (unpaired) electrons. The minimum Gasteiger partial charge on any atom is -0.389 e. The van der Waals surface area contributed by atoms with E-state index in [0.29, 0.717) is 18.6 Å². The van der Waals surface area contributed by atoms with E-state index in [0.717, 1.165) is 0 Å². The first-order chi connectivity index (χ1) is 9.68. The summed E-state index contributed by atoms with van der Waals surface area (Å²) in [5.74, 6) is -0.130. The number of ether oxygens (including phenoxy) is 1. The molecule has 21 heavy (non-hydrogen) atoms. The molecule has 0 fully saturated rings. The van der Waals surface area contributed by atoms with Gasteiger partial charge in [-0.2, -0.15) is 0 Å². The van der Waals surface area contributed by atoms with E-state index in [1.54, 1.807) is 0 Å². The topological polar surface area (TPSA) is 92.7 Å². The van der Waals surface area contributed by atoms with Crippen LogP contribution in [0.25, 0.3) is 0 Å². The molecule has 1 aromatic rings. The molecule has 0 spiro atoms. The van der Waals surface area contributed by atoms with Gasteiger partial charge in [0.05, 0.1) is 10.5 Å². The van der Waals surface area contributed by atoms with Crippen molar-refractivity contribution in [2.45, 2.75) is 30.8 Å². The third-order valence-corrected chi connectivity index (χ3v) is 4.48. The zero-order valence-corrected chi connectivity index (χ0v) is 13.2. The summed E-state index contributed by atoms with van der Waals surface area (Å²) in [6.07, 6.45) is 0.315. The van der Waals surface area contributed by atoms with Gasteiger partial charge in [0, 0.05) is 32.2 Å². The highest BCUT2D eigenvalue weighted by Gasteiger charge is 2.24. The van der Waals surface area contributed by atoms with Crippen LogP contribution in [-0.2, 0) is 14.8 Å². The Morgan fingerprint density at radius 2 is 1.90 bits per heavy atom. The van der Waals surface area contributed by atoms with Crippen molar-refractivity contribution in [2.24, 2.45) is 0 Å². The Balaban J connectivity index is 2.75. The van der Waals surface area contributed by atoms with E-state index in [-0.39, 0.29) is 17.2 Å². The molecule has 7 heteroatoms. The number of methoxy groups -OCH3 is 1. The van der Waals surface area contributed by atoms with Crippen LogP contribution in [0.15, 0.2) is 29.2 Å². The van der Waals surface area contributed by atoms with Crippen LogP contribution in [-0.4, -0.2) is 45.2 Å². The maximum Gasteiger partial charge on any atom is 0.240 e. The van der Waals surface area contributed by atoms with E-state index in [1.807, 2.05) is 0 Å². The smallest absolute Gasteiger partial charge is 0.240 e. The van der Waals surface area contributed by atoms with Gasteiger partial charge in [0.25, 0.3) is 0 Å². The molecule has 1 rings (SSSR count). The average Bonchev–Trinajstić information content (AvgIpc) is 2.43. The van der Waals surface area contributed by atoms with Gasteiger partial charge in [-0.15, -0.1) is 0 Å². The van der Waals surface area contributed by atoms with Crippen molar-refractivity contribution in [3.63, 3.8) is 0 Å². The Morgan fingerprint density at radius 1 is 1.33 bits per heavy atom. The molecule has 1 unspecified atom stereocenters. The number of nitrogens with one attached hydrogen (secondary N) is 1. The second-order valence-corrected chi connectivity index (χ2v) is 6.91. The highest BCUT2D eigenvalue weighted by Crippen LogP contribution is 2.13. The summed E-state index contributed by atoms with van der Waals surface area (Å²) in [5, 5.41) is 10.0. The number of aliphatic hydroxyl groups is 1. The van der Waals surface area contributed by atoms with Crippen LogP contribution >= 0.6 is 0 Å². The molecule has 0 heterocycles. The lowest BCUT2D eigenvalue weighted by Gasteiger charge is -2.23. The molecule has 6 nitrogen and oxygen atoms in total. The summed E-state index contributed by atoms with van der Waals surface area (Å²) >= 11 is 0. The number of carbonyl (C=O) groups is 1. The van der Waals surface area contributed by atoms with Gasteiger partial charge < -0.3 is 9.84 Å². The van der Waals surface area contributed by atoms with E-state index in [2.05, 4.69) is 4.72 Å². The molecular formula is C14H21NO5S. The largest absolute Gasteiger partial charge is 0.389 e. The molecule has 0 aliphatic heterocycles. The van der Waals surface area contributed by atoms with Crippen molar-refractivity contribution in [2.75, 3.05) is 20.3 Å². The van der Waals surface area contributed by atoms with Crippen molar-refractivity contribution in [1.29, 1.82) is 0 Å². The van der Waals surface area contributed by atoms with E-state index in [1.165, 1.54) is 45.2 Å². The normalized spacial score (nSPS) is 14.7. The van der Waals surface area contributed by atoms with Crippen LogP contribution in [0.3, 0.4) is 0 Å². The zero-order valence-electron chi connectivity index (χ0n) is 12.4. The second-order valence-electron chi connectivity index (χ2n) is 5.14. The molecule has 1 aromatic carbocycles. The van der Waals surface area contributed by atoms with E-state index in [4.69, 9.17) is 4.74 Å². The van der Waals surface area contributed by atoms with Gasteiger partial charge >= 0.3 is 0 Å². The van der Waals surface area contributed by atoms with Crippen LogP contribution in [0.1, 0.15) is 30.6 Å². The average molecular weight is 315 g/mol. The highest BCUT2D eigenvalue weighted by molar-refractivity contribution is 7.89. The van der Waals surface area contributed by atoms with E-state index in [9.17, 15) is 18.3 Å². The lowest BCUT2D eigenvalue weighted by atomic mass is 10.0. The lowest BCUT2D eigenvalue weighted by molar-refractivity contribution is 0.0292. The summed E-state index contributed by atoms with van der Waals surface area (Å²) in [6.45, 7) is 3.16. The molecule has 0 amide bonds. The van der Waals surface area contributed by atoms with Crippen LogP contribution in [0.2, 0.25) is 0 Å². The molecule has 0 saturated carbocycles. The minimum absolute atomic E-state index is 0.0510. The summed E-state index contributed by atoms with van der Waals surface area (Å²) in [7, 11) is -2.21. The van der Waals surface area contributed by atoms with Crippen LogP contribution in [0, 0.1) is 0 Å². The second kappa shape index (κ2) is 7.13. The molecule has 0 aromatic heterocycles. The summed E-state index contributed by atoms with van der Waals surface area (Å²) in [4.78, 5) is 11.2. The Morgan fingerprint density at radius 3 is 2.38 bits per heavy atom. The van der Waals surface area contributed by atoms with Crippen LogP contribution in [0.4, 0.5) is 0 Å². The number of benzene rings is 1. The number of sulfonamides is 1. The standard InChI is InChI=1S/C14H21NO5S/c1-11(16)12-4-6-13(7-5-12)21(18,19)15-10-14(2,17)8-9-20-3/h4-7,15,17H,8-10H2,1-3H3. The van der Waals surface area contributed by atoms with Crippen molar-refractivity contribution in [1.82, 2.24) is 4.72 Å². The maximum absolute atomic E-state index is 12.1. The fraction of sp³-hybridized carbons (Fsp3) is 0.500. The van der Waals surface area contributed by atoms with Crippen molar-refractivity contribution >= 4 is 15.8 Å². The highest BCUT2D eigenvalue weighted by atomic mass is 32.2. The molecule has 118 valence electrons. The number of rotatable bonds is 8. The summed E-state index contributed by atoms with van der Waals surface area (Å²) < 4.78 is 31.4. The molecule has 0 aliphatic rings. The van der Waals surface area contributed by atoms with Crippen molar-refractivity contribution in [3.8, 4) is 0 Å². The molecule has 1 atom stereocenters. The number of carbonyl (C=O) groups excluding carboxylic acids is 1. The molecule has 0 bridgehead atoms. The third-order valence-electron chi connectivity index (χ3n) is 3.06. The van der Waals surface area contributed by atoms with Crippen LogP contribution in [0.5, 0.6) is 0 Å². The van der Waals surface area contributed by atoms with Gasteiger partial charge in [0.1, 0.15) is 0 Å². The Kier molecular flexibility index (Phi) is 6.03. The minimum atomic E-state index is -3.72. The number of hydrogen-bond donors (Lipinski definition) is 2. The predicted octanol–water partition coefficient (Wildman–Crippen LogP) is 0.955. The molecule has 0 saturated heterocycles. The number of Topliss-reactive ketones (excluding diaryl/α,β-unsaturated/α-hetero) is 1. The van der Waals surface area contributed by atoms with Gasteiger partial charge in [0.2, 0.25) is 10.0 Å². The molecule has 0 aliphatic carbocycles. The first-order valence-electron chi connectivity index (χ1n) is 6.50. The van der Waals surface area contributed by atoms with Gasteiger partial charge in [-0.05, 0) is 26.0 Å². The van der Waals surface area contributed by atoms with Gasteiger partial charge in [0.15, 0.2) is 5.78 Å². The SMILES string of the molecule is COCCC(C)(O)CNS(=O)(=O)c1ccc(C(C)=O)cc1. The molecule has 2 N–H and O–H groups in total. The number of ketones is 1. The molecular weight excluding hydrogens is 294 g/mol.